The fraction of sp³-hybridized carbons (Fsp3) is 0.750. The highest BCUT2D eigenvalue weighted by atomic mass is 16.5. The Morgan fingerprint density at radius 3 is 2.89 bits per heavy atom. The number of anilines is 1. The normalized spacial score (nSPS) is 20.9. The second-order valence-electron chi connectivity index (χ2n) is 7.68. The van der Waals surface area contributed by atoms with Crippen molar-refractivity contribution in [3.63, 3.8) is 0 Å². The molecule has 0 aromatic carbocycles. The first kappa shape index (κ1) is 20.8. The Hall–Kier alpha value is -1.93. The van der Waals surface area contributed by atoms with E-state index >= 15 is 0 Å². The van der Waals surface area contributed by atoms with Gasteiger partial charge in [-0.1, -0.05) is 0 Å². The molecule has 2 aliphatic rings. The molecule has 2 fully saturated rings. The van der Waals surface area contributed by atoms with Crippen LogP contribution in [0.5, 0.6) is 0 Å². The van der Waals surface area contributed by atoms with Crippen LogP contribution in [0.15, 0.2) is 17.1 Å². The van der Waals surface area contributed by atoms with Crippen molar-refractivity contribution in [3.05, 3.63) is 22.6 Å². The molecule has 0 bridgehead atoms. The van der Waals surface area contributed by atoms with Crippen LogP contribution in [-0.2, 0) is 16.1 Å². The second kappa shape index (κ2) is 10.6. The summed E-state index contributed by atoms with van der Waals surface area (Å²) in [6, 6.07) is 1.66. The predicted molar refractivity (Wildman–Crippen MR) is 109 cm³/mol. The van der Waals surface area contributed by atoms with E-state index in [1.165, 1.54) is 4.68 Å². The van der Waals surface area contributed by atoms with Gasteiger partial charge in [0.15, 0.2) is 0 Å². The minimum Gasteiger partial charge on any atom is -0.379 e. The van der Waals surface area contributed by atoms with Crippen molar-refractivity contribution in [1.29, 1.82) is 0 Å². The van der Waals surface area contributed by atoms with E-state index in [0.717, 1.165) is 77.4 Å². The highest BCUT2D eigenvalue weighted by Gasteiger charge is 2.23. The highest BCUT2D eigenvalue weighted by molar-refractivity contribution is 5.76. The zero-order valence-electron chi connectivity index (χ0n) is 16.9. The van der Waals surface area contributed by atoms with Gasteiger partial charge in [0.05, 0.1) is 25.1 Å². The summed E-state index contributed by atoms with van der Waals surface area (Å²) in [4.78, 5) is 28.9. The van der Waals surface area contributed by atoms with Crippen molar-refractivity contribution in [2.45, 2.75) is 39.2 Å². The molecule has 1 aromatic rings. The van der Waals surface area contributed by atoms with E-state index in [9.17, 15) is 9.59 Å². The van der Waals surface area contributed by atoms with Gasteiger partial charge in [-0.2, -0.15) is 5.10 Å². The Labute approximate surface area is 166 Å². The van der Waals surface area contributed by atoms with Crippen molar-refractivity contribution in [2.75, 3.05) is 57.4 Å². The number of carbonyl (C=O) groups is 1. The number of aryl methyl sites for hydroxylation is 1. The molecule has 8 heteroatoms. The van der Waals surface area contributed by atoms with Gasteiger partial charge < -0.3 is 15.0 Å². The number of ether oxygens (including phenoxy) is 1. The van der Waals surface area contributed by atoms with E-state index in [-0.39, 0.29) is 11.5 Å². The Balaban J connectivity index is 1.39. The Morgan fingerprint density at radius 2 is 2.14 bits per heavy atom. The number of amides is 1. The molecular weight excluding hydrogens is 358 g/mol. The standard InChI is InChI=1S/C20H33N5O3/c1-2-25-20(27)14-18(15-22-25)24-8-3-5-17(16-24)13-19(26)21-6-4-7-23-9-11-28-12-10-23/h14-15,17H,2-13,16H2,1H3,(H,21,26). The molecule has 2 aliphatic heterocycles. The summed E-state index contributed by atoms with van der Waals surface area (Å²) in [5, 5.41) is 7.28. The number of nitrogens with one attached hydrogen (secondary N) is 1. The summed E-state index contributed by atoms with van der Waals surface area (Å²) in [5.41, 5.74) is 0.797. The van der Waals surface area contributed by atoms with E-state index in [2.05, 4.69) is 20.2 Å². The topological polar surface area (TPSA) is 79.7 Å². The van der Waals surface area contributed by atoms with Crippen molar-refractivity contribution in [2.24, 2.45) is 5.92 Å². The van der Waals surface area contributed by atoms with E-state index in [4.69, 9.17) is 4.74 Å². The van der Waals surface area contributed by atoms with Crippen molar-refractivity contribution in [1.82, 2.24) is 20.0 Å². The van der Waals surface area contributed by atoms with Crippen molar-refractivity contribution >= 4 is 11.6 Å². The zero-order chi connectivity index (χ0) is 19.8. The lowest BCUT2D eigenvalue weighted by atomic mass is 9.94. The molecule has 1 unspecified atom stereocenters. The summed E-state index contributed by atoms with van der Waals surface area (Å²) in [7, 11) is 0. The van der Waals surface area contributed by atoms with Gasteiger partial charge in [0.1, 0.15) is 0 Å². The first-order valence-corrected chi connectivity index (χ1v) is 10.5. The van der Waals surface area contributed by atoms with Gasteiger partial charge >= 0.3 is 0 Å². The third-order valence-electron chi connectivity index (χ3n) is 5.59. The SMILES string of the molecule is CCn1ncc(N2CCCC(CC(=O)NCCCN3CCOCC3)C2)cc1=O. The molecular formula is C20H33N5O3. The van der Waals surface area contributed by atoms with Crippen molar-refractivity contribution < 1.29 is 9.53 Å². The number of carbonyl (C=O) groups excluding carboxylic acids is 1. The van der Waals surface area contributed by atoms with Gasteiger partial charge in [-0.15, -0.1) is 0 Å². The maximum atomic E-state index is 12.3. The molecule has 3 rings (SSSR count). The minimum atomic E-state index is -0.0693. The molecule has 0 aliphatic carbocycles. The number of nitrogens with zero attached hydrogens (tertiary/aromatic N) is 4. The predicted octanol–water partition coefficient (Wildman–Crippen LogP) is 0.708. The highest BCUT2D eigenvalue weighted by Crippen LogP contribution is 2.23. The van der Waals surface area contributed by atoms with Crippen LogP contribution in [-0.4, -0.2) is 73.1 Å². The van der Waals surface area contributed by atoms with Gasteiger partial charge in [0.2, 0.25) is 5.91 Å². The van der Waals surface area contributed by atoms with Crippen LogP contribution in [0.25, 0.3) is 0 Å². The average molecular weight is 392 g/mol. The largest absolute Gasteiger partial charge is 0.379 e. The van der Waals surface area contributed by atoms with E-state index in [1.807, 2.05) is 6.92 Å². The molecule has 28 heavy (non-hydrogen) atoms. The molecule has 2 saturated heterocycles. The third-order valence-corrected chi connectivity index (χ3v) is 5.59. The quantitative estimate of drug-likeness (QED) is 0.658. The van der Waals surface area contributed by atoms with E-state index in [1.54, 1.807) is 12.3 Å². The van der Waals surface area contributed by atoms with Crippen LogP contribution in [0, 0.1) is 5.92 Å². The molecule has 8 nitrogen and oxygen atoms in total. The van der Waals surface area contributed by atoms with Gasteiger partial charge in [-0.05, 0) is 38.6 Å². The van der Waals surface area contributed by atoms with Crippen LogP contribution in [0.2, 0.25) is 0 Å². The van der Waals surface area contributed by atoms with Crippen LogP contribution >= 0.6 is 0 Å². The maximum absolute atomic E-state index is 12.3. The van der Waals surface area contributed by atoms with Gasteiger partial charge in [0.25, 0.3) is 5.56 Å². The number of aromatic nitrogens is 2. The third kappa shape index (κ3) is 6.04. The zero-order valence-corrected chi connectivity index (χ0v) is 16.9. The molecule has 156 valence electrons. The number of hydrogen-bond donors (Lipinski definition) is 1. The first-order chi connectivity index (χ1) is 13.7. The van der Waals surface area contributed by atoms with E-state index < -0.39 is 0 Å². The lowest BCUT2D eigenvalue weighted by Gasteiger charge is -2.34. The monoisotopic (exact) mass is 391 g/mol. The van der Waals surface area contributed by atoms with Gasteiger partial charge in [-0.3, -0.25) is 14.5 Å². The minimum absolute atomic E-state index is 0.0693. The summed E-state index contributed by atoms with van der Waals surface area (Å²) in [5.74, 6) is 0.454. The first-order valence-electron chi connectivity index (χ1n) is 10.5. The fourth-order valence-corrected chi connectivity index (χ4v) is 3.99. The van der Waals surface area contributed by atoms with Crippen molar-refractivity contribution in [3.8, 4) is 0 Å². The lowest BCUT2D eigenvalue weighted by Crippen LogP contribution is -2.40. The lowest BCUT2D eigenvalue weighted by molar-refractivity contribution is -0.122. The van der Waals surface area contributed by atoms with Crippen LogP contribution < -0.4 is 15.8 Å². The summed E-state index contributed by atoms with van der Waals surface area (Å²) < 4.78 is 6.80. The summed E-state index contributed by atoms with van der Waals surface area (Å²) in [6.07, 6.45) is 5.37. The summed E-state index contributed by atoms with van der Waals surface area (Å²) in [6.45, 7) is 9.54. The molecule has 0 spiro atoms. The molecule has 1 N–H and O–H groups in total. The Bertz CT molecular complexity index is 687. The van der Waals surface area contributed by atoms with Gasteiger partial charge in [-0.25, -0.2) is 4.68 Å². The van der Waals surface area contributed by atoms with Crippen LogP contribution in [0.3, 0.4) is 0 Å². The molecule has 1 aromatic heterocycles. The van der Waals surface area contributed by atoms with Gasteiger partial charge in [0, 0.05) is 51.8 Å². The number of rotatable bonds is 8. The van der Waals surface area contributed by atoms with E-state index in [0.29, 0.717) is 18.9 Å². The maximum Gasteiger partial charge on any atom is 0.268 e. The molecule has 1 atom stereocenters. The second-order valence-corrected chi connectivity index (χ2v) is 7.68. The Morgan fingerprint density at radius 1 is 1.32 bits per heavy atom. The number of piperidine rings is 1. The molecule has 0 saturated carbocycles. The number of morpholine rings is 1. The average Bonchev–Trinajstić information content (AvgIpc) is 2.72. The van der Waals surface area contributed by atoms with Crippen LogP contribution in [0.1, 0.15) is 32.6 Å². The summed E-state index contributed by atoms with van der Waals surface area (Å²) >= 11 is 0. The Kier molecular flexibility index (Phi) is 7.85. The molecule has 3 heterocycles. The number of hydrogen-bond acceptors (Lipinski definition) is 6. The van der Waals surface area contributed by atoms with Crippen LogP contribution in [0.4, 0.5) is 5.69 Å². The fourth-order valence-electron chi connectivity index (χ4n) is 3.99. The molecule has 1 amide bonds. The molecule has 0 radical (unpaired) electrons. The smallest absolute Gasteiger partial charge is 0.268 e.